The Kier molecular flexibility index (Phi) is 3.23. The highest BCUT2D eigenvalue weighted by molar-refractivity contribution is 5.90. The van der Waals surface area contributed by atoms with E-state index in [2.05, 4.69) is 5.32 Å². The van der Waals surface area contributed by atoms with Crippen molar-refractivity contribution in [2.45, 2.75) is 0 Å². The van der Waals surface area contributed by atoms with E-state index < -0.39 is 17.7 Å². The zero-order chi connectivity index (χ0) is 13.1. The highest BCUT2D eigenvalue weighted by atomic mass is 19.2. The first-order chi connectivity index (χ1) is 8.59. The Bertz CT molecular complexity index is 599. The average molecular weight is 249 g/mol. The molecule has 0 saturated heterocycles. The molecule has 2 aromatic rings. The molecule has 0 aliphatic rings. The van der Waals surface area contributed by atoms with E-state index >= 15 is 0 Å². The van der Waals surface area contributed by atoms with Crippen LogP contribution in [-0.2, 0) is 0 Å². The summed E-state index contributed by atoms with van der Waals surface area (Å²) < 4.78 is 26.8. The first kappa shape index (κ1) is 12.0. The molecule has 2 rings (SSSR count). The predicted octanol–water partition coefficient (Wildman–Crippen LogP) is 3.72. The van der Waals surface area contributed by atoms with E-state index in [1.165, 1.54) is 24.3 Å². The van der Waals surface area contributed by atoms with Gasteiger partial charge >= 0.3 is 6.09 Å². The van der Waals surface area contributed by atoms with E-state index in [1.54, 1.807) is 12.1 Å². The summed E-state index contributed by atoms with van der Waals surface area (Å²) in [5.74, 6) is -1.98. The van der Waals surface area contributed by atoms with E-state index in [-0.39, 0.29) is 16.8 Å². The Morgan fingerprint density at radius 3 is 2.39 bits per heavy atom. The van der Waals surface area contributed by atoms with Crippen LogP contribution >= 0.6 is 0 Å². The molecule has 0 aliphatic carbocycles. The van der Waals surface area contributed by atoms with Gasteiger partial charge in [-0.1, -0.05) is 30.3 Å². The van der Waals surface area contributed by atoms with Crippen LogP contribution in [0.2, 0.25) is 0 Å². The minimum Gasteiger partial charge on any atom is -0.465 e. The zero-order valence-corrected chi connectivity index (χ0v) is 9.15. The molecular formula is C13H9F2NO2. The first-order valence-electron chi connectivity index (χ1n) is 5.13. The summed E-state index contributed by atoms with van der Waals surface area (Å²) in [5.41, 5.74) is 0.505. The maximum Gasteiger partial charge on any atom is 0.409 e. The summed E-state index contributed by atoms with van der Waals surface area (Å²) in [5, 5.41) is 10.8. The molecule has 2 aromatic carbocycles. The van der Waals surface area contributed by atoms with Crippen LogP contribution in [0.15, 0.2) is 42.5 Å². The van der Waals surface area contributed by atoms with Crippen molar-refractivity contribution in [1.82, 2.24) is 0 Å². The molecule has 0 atom stereocenters. The van der Waals surface area contributed by atoms with Crippen LogP contribution in [0.3, 0.4) is 0 Å². The molecule has 0 bridgehead atoms. The highest BCUT2D eigenvalue weighted by Gasteiger charge is 2.13. The van der Waals surface area contributed by atoms with Gasteiger partial charge in [0, 0.05) is 11.1 Å². The lowest BCUT2D eigenvalue weighted by Gasteiger charge is -2.10. The lowest BCUT2D eigenvalue weighted by molar-refractivity contribution is 0.210. The second-order valence-corrected chi connectivity index (χ2v) is 3.58. The van der Waals surface area contributed by atoms with Gasteiger partial charge in [-0.3, -0.25) is 5.32 Å². The van der Waals surface area contributed by atoms with E-state index in [1.807, 2.05) is 0 Å². The topological polar surface area (TPSA) is 49.3 Å². The van der Waals surface area contributed by atoms with Gasteiger partial charge in [0.05, 0.1) is 5.69 Å². The molecule has 0 unspecified atom stereocenters. The van der Waals surface area contributed by atoms with Crippen molar-refractivity contribution < 1.29 is 18.7 Å². The molecule has 2 N–H and O–H groups in total. The number of hydrogen-bond acceptors (Lipinski definition) is 1. The van der Waals surface area contributed by atoms with Gasteiger partial charge in [-0.15, -0.1) is 0 Å². The maximum atomic E-state index is 13.7. The zero-order valence-electron chi connectivity index (χ0n) is 9.15. The fourth-order valence-electron chi connectivity index (χ4n) is 1.65. The average Bonchev–Trinajstić information content (AvgIpc) is 2.33. The quantitative estimate of drug-likeness (QED) is 0.852. The third-order valence-electron chi connectivity index (χ3n) is 2.41. The van der Waals surface area contributed by atoms with Crippen LogP contribution in [-0.4, -0.2) is 11.2 Å². The van der Waals surface area contributed by atoms with Crippen molar-refractivity contribution in [3.63, 3.8) is 0 Å². The van der Waals surface area contributed by atoms with E-state index in [9.17, 15) is 13.6 Å². The summed E-state index contributed by atoms with van der Waals surface area (Å²) in [6.07, 6.45) is -1.26. The Morgan fingerprint density at radius 1 is 1.00 bits per heavy atom. The number of rotatable bonds is 2. The molecule has 0 radical (unpaired) electrons. The van der Waals surface area contributed by atoms with Gasteiger partial charge in [0.2, 0.25) is 0 Å². The Balaban J connectivity index is 2.57. The van der Waals surface area contributed by atoms with Gasteiger partial charge in [0.1, 0.15) is 0 Å². The highest BCUT2D eigenvalue weighted by Crippen LogP contribution is 2.30. The lowest BCUT2D eigenvalue weighted by Crippen LogP contribution is -2.08. The molecule has 18 heavy (non-hydrogen) atoms. The third-order valence-corrected chi connectivity index (χ3v) is 2.41. The minimum absolute atomic E-state index is 0.0133. The number of amides is 1. The second kappa shape index (κ2) is 4.83. The minimum atomic E-state index is -1.26. The van der Waals surface area contributed by atoms with Crippen LogP contribution in [0.4, 0.5) is 19.3 Å². The molecule has 0 heterocycles. The van der Waals surface area contributed by atoms with Crippen LogP contribution in [0.5, 0.6) is 0 Å². The van der Waals surface area contributed by atoms with E-state index in [0.29, 0.717) is 0 Å². The smallest absolute Gasteiger partial charge is 0.409 e. The number of halogens is 2. The van der Waals surface area contributed by atoms with E-state index in [4.69, 9.17) is 5.11 Å². The normalized spacial score (nSPS) is 10.1. The molecular weight excluding hydrogens is 240 g/mol. The lowest BCUT2D eigenvalue weighted by atomic mass is 10.0. The monoisotopic (exact) mass is 249 g/mol. The van der Waals surface area contributed by atoms with Crippen LogP contribution < -0.4 is 5.32 Å². The molecule has 0 aliphatic heterocycles. The Labute approximate surface area is 102 Å². The van der Waals surface area contributed by atoms with E-state index in [0.717, 1.165) is 6.07 Å². The molecule has 0 fully saturated rings. The molecule has 3 nitrogen and oxygen atoms in total. The predicted molar refractivity (Wildman–Crippen MR) is 63.4 cm³/mol. The van der Waals surface area contributed by atoms with Crippen LogP contribution in [0, 0.1) is 11.6 Å². The fraction of sp³-hybridized carbons (Fsp3) is 0. The summed E-state index contributed by atoms with van der Waals surface area (Å²) in [4.78, 5) is 10.6. The largest absolute Gasteiger partial charge is 0.465 e. The maximum absolute atomic E-state index is 13.7. The standard InChI is InChI=1S/C13H9F2NO2/c14-10-6-3-5-9(12(10)15)8-4-1-2-7-11(8)16-13(17)18/h1-7,16H,(H,17,18). The number of para-hydroxylation sites is 1. The van der Waals surface area contributed by atoms with Crippen molar-refractivity contribution in [3.05, 3.63) is 54.1 Å². The van der Waals surface area contributed by atoms with Gasteiger partial charge < -0.3 is 5.11 Å². The summed E-state index contributed by atoms with van der Waals surface area (Å²) in [7, 11) is 0. The SMILES string of the molecule is O=C(O)Nc1ccccc1-c1cccc(F)c1F. The Hall–Kier alpha value is -2.43. The number of benzene rings is 2. The van der Waals surface area contributed by atoms with Gasteiger partial charge in [0.25, 0.3) is 0 Å². The second-order valence-electron chi connectivity index (χ2n) is 3.58. The van der Waals surface area contributed by atoms with Gasteiger partial charge in [-0.2, -0.15) is 0 Å². The van der Waals surface area contributed by atoms with Crippen molar-refractivity contribution in [3.8, 4) is 11.1 Å². The van der Waals surface area contributed by atoms with Crippen molar-refractivity contribution in [2.24, 2.45) is 0 Å². The van der Waals surface area contributed by atoms with Crippen molar-refractivity contribution >= 4 is 11.8 Å². The number of hydrogen-bond donors (Lipinski definition) is 2. The van der Waals surface area contributed by atoms with Crippen molar-refractivity contribution in [2.75, 3.05) is 5.32 Å². The van der Waals surface area contributed by atoms with Gasteiger partial charge in [-0.25, -0.2) is 13.6 Å². The van der Waals surface area contributed by atoms with Gasteiger partial charge in [-0.05, 0) is 12.1 Å². The molecule has 0 aromatic heterocycles. The number of nitrogens with one attached hydrogen (secondary N) is 1. The summed E-state index contributed by atoms with van der Waals surface area (Å²) >= 11 is 0. The molecule has 0 saturated carbocycles. The summed E-state index contributed by atoms with van der Waals surface area (Å²) in [6.45, 7) is 0. The number of carbonyl (C=O) groups is 1. The van der Waals surface area contributed by atoms with Crippen LogP contribution in [0.25, 0.3) is 11.1 Å². The number of carboxylic acid groups (broad SMARTS) is 1. The van der Waals surface area contributed by atoms with Crippen molar-refractivity contribution in [1.29, 1.82) is 0 Å². The summed E-state index contributed by atoms with van der Waals surface area (Å²) in [6, 6.07) is 9.98. The third kappa shape index (κ3) is 2.29. The molecule has 5 heteroatoms. The molecule has 0 spiro atoms. The fourth-order valence-corrected chi connectivity index (χ4v) is 1.65. The van der Waals surface area contributed by atoms with Gasteiger partial charge in [0.15, 0.2) is 11.6 Å². The molecule has 1 amide bonds. The molecule has 92 valence electrons. The van der Waals surface area contributed by atoms with Crippen LogP contribution in [0.1, 0.15) is 0 Å². The Morgan fingerprint density at radius 2 is 1.67 bits per heavy atom. The number of anilines is 1. The first-order valence-corrected chi connectivity index (χ1v) is 5.13.